The van der Waals surface area contributed by atoms with Gasteiger partial charge in [-0.1, -0.05) is 11.3 Å². The van der Waals surface area contributed by atoms with Crippen LogP contribution >= 0.6 is 11.3 Å². The number of carbonyl (C=O) groups is 1. The summed E-state index contributed by atoms with van der Waals surface area (Å²) in [5.74, 6) is -0.283. The molecule has 21 heavy (non-hydrogen) atoms. The molecule has 118 valence electrons. The molecule has 1 atom stereocenters. The first-order chi connectivity index (χ1) is 9.67. The fraction of sp³-hybridized carbons (Fsp3) is 0.667. The summed E-state index contributed by atoms with van der Waals surface area (Å²) in [6.45, 7) is 5.84. The van der Waals surface area contributed by atoms with Crippen molar-refractivity contribution in [1.29, 1.82) is 0 Å². The lowest BCUT2D eigenvalue weighted by Crippen LogP contribution is -2.40. The number of anilines is 1. The number of aromatic nitrogens is 1. The molecule has 1 aliphatic rings. The van der Waals surface area contributed by atoms with Crippen LogP contribution in [0.25, 0.3) is 0 Å². The quantitative estimate of drug-likeness (QED) is 0.866. The van der Waals surface area contributed by atoms with E-state index in [1.165, 1.54) is 6.20 Å². The second-order valence-electron chi connectivity index (χ2n) is 5.83. The van der Waals surface area contributed by atoms with Crippen LogP contribution in [0.1, 0.15) is 33.6 Å². The summed E-state index contributed by atoms with van der Waals surface area (Å²) in [6, 6.07) is 0. The van der Waals surface area contributed by atoms with Crippen LogP contribution < -0.4 is 10.0 Å². The Balaban J connectivity index is 2.05. The topological polar surface area (TPSA) is 97.4 Å². The molecule has 0 spiro atoms. The smallest absolute Gasteiger partial charge is 0.255 e. The van der Waals surface area contributed by atoms with Crippen LogP contribution in [0.2, 0.25) is 0 Å². The van der Waals surface area contributed by atoms with Crippen LogP contribution in [0.5, 0.6) is 0 Å². The number of nitrogens with zero attached hydrogens (tertiary/aromatic N) is 1. The number of ether oxygens (including phenoxy) is 1. The minimum atomic E-state index is -3.63. The number of hydrogen-bond donors (Lipinski definition) is 2. The van der Waals surface area contributed by atoms with Crippen LogP contribution in [0.4, 0.5) is 5.13 Å². The molecule has 1 aromatic heterocycles. The first kappa shape index (κ1) is 16.3. The fourth-order valence-electron chi connectivity index (χ4n) is 1.87. The third kappa shape index (κ3) is 4.47. The summed E-state index contributed by atoms with van der Waals surface area (Å²) in [4.78, 5) is 15.8. The molecule has 0 aromatic carbocycles. The molecule has 0 bridgehead atoms. The van der Waals surface area contributed by atoms with Gasteiger partial charge in [-0.2, -0.15) is 0 Å². The molecule has 2 rings (SSSR count). The summed E-state index contributed by atoms with van der Waals surface area (Å²) >= 11 is 0.919. The van der Waals surface area contributed by atoms with Gasteiger partial charge in [0.2, 0.25) is 0 Å². The molecule has 1 aliphatic heterocycles. The lowest BCUT2D eigenvalue weighted by atomic mass is 10.1. The molecule has 0 radical (unpaired) electrons. The lowest BCUT2D eigenvalue weighted by molar-refractivity contribution is -0.124. The Morgan fingerprint density at radius 1 is 1.48 bits per heavy atom. The molecular weight excluding hydrogens is 314 g/mol. The van der Waals surface area contributed by atoms with Crippen molar-refractivity contribution in [3.8, 4) is 0 Å². The van der Waals surface area contributed by atoms with Gasteiger partial charge in [0.1, 0.15) is 6.10 Å². The third-order valence-electron chi connectivity index (χ3n) is 2.64. The second-order valence-corrected chi connectivity index (χ2v) is 8.77. The van der Waals surface area contributed by atoms with E-state index >= 15 is 0 Å². The maximum absolute atomic E-state index is 12.1. The predicted molar refractivity (Wildman–Crippen MR) is 79.8 cm³/mol. The highest BCUT2D eigenvalue weighted by Gasteiger charge is 2.27. The number of nitrogens with one attached hydrogen (secondary N) is 2. The summed E-state index contributed by atoms with van der Waals surface area (Å²) < 4.78 is 32.1. The number of sulfonamides is 1. The van der Waals surface area contributed by atoms with E-state index in [9.17, 15) is 13.2 Å². The Kier molecular flexibility index (Phi) is 4.66. The van der Waals surface area contributed by atoms with Gasteiger partial charge in [-0.05, 0) is 33.6 Å². The number of amides is 1. The van der Waals surface area contributed by atoms with Gasteiger partial charge in [-0.3, -0.25) is 10.1 Å². The monoisotopic (exact) mass is 333 g/mol. The van der Waals surface area contributed by atoms with Gasteiger partial charge >= 0.3 is 0 Å². The van der Waals surface area contributed by atoms with Crippen molar-refractivity contribution in [2.24, 2.45) is 0 Å². The Bertz CT molecular complexity index is 613. The van der Waals surface area contributed by atoms with Gasteiger partial charge in [-0.15, -0.1) is 0 Å². The van der Waals surface area contributed by atoms with Crippen molar-refractivity contribution in [2.45, 2.75) is 49.5 Å². The van der Waals surface area contributed by atoms with Crippen LogP contribution in [-0.2, 0) is 19.6 Å². The lowest BCUT2D eigenvalue weighted by Gasteiger charge is -2.19. The Morgan fingerprint density at radius 3 is 2.76 bits per heavy atom. The Morgan fingerprint density at radius 2 is 2.19 bits per heavy atom. The minimum Gasteiger partial charge on any atom is -0.368 e. The van der Waals surface area contributed by atoms with E-state index in [-0.39, 0.29) is 15.2 Å². The van der Waals surface area contributed by atoms with Gasteiger partial charge in [0, 0.05) is 12.1 Å². The zero-order valence-corrected chi connectivity index (χ0v) is 13.8. The van der Waals surface area contributed by atoms with E-state index in [4.69, 9.17) is 4.74 Å². The number of rotatable bonds is 4. The van der Waals surface area contributed by atoms with Crippen molar-refractivity contribution < 1.29 is 17.9 Å². The van der Waals surface area contributed by atoms with Gasteiger partial charge in [0.05, 0.1) is 6.20 Å². The Labute approximate surface area is 128 Å². The number of hydrogen-bond acceptors (Lipinski definition) is 6. The van der Waals surface area contributed by atoms with Crippen LogP contribution in [0.15, 0.2) is 10.4 Å². The summed E-state index contributed by atoms with van der Waals surface area (Å²) in [5.41, 5.74) is -0.579. The molecule has 1 fully saturated rings. The van der Waals surface area contributed by atoms with Gasteiger partial charge < -0.3 is 4.74 Å². The first-order valence-electron chi connectivity index (χ1n) is 6.60. The maximum Gasteiger partial charge on any atom is 0.255 e. The van der Waals surface area contributed by atoms with E-state index in [1.54, 1.807) is 20.8 Å². The fourth-order valence-corrected chi connectivity index (χ4v) is 4.32. The molecule has 2 heterocycles. The average molecular weight is 333 g/mol. The highest BCUT2D eigenvalue weighted by molar-refractivity contribution is 7.91. The molecule has 1 saturated heterocycles. The zero-order valence-electron chi connectivity index (χ0n) is 12.2. The van der Waals surface area contributed by atoms with E-state index in [2.05, 4.69) is 15.0 Å². The highest BCUT2D eigenvalue weighted by atomic mass is 32.2. The molecule has 7 nitrogen and oxygen atoms in total. The Hall–Kier alpha value is -1.03. The molecule has 9 heteroatoms. The van der Waals surface area contributed by atoms with E-state index in [0.29, 0.717) is 13.0 Å². The highest BCUT2D eigenvalue weighted by Crippen LogP contribution is 2.24. The SMILES string of the molecule is CC(C)(C)NS(=O)(=O)c1cnc(NC(=O)C2CCCO2)s1. The maximum atomic E-state index is 12.1. The normalized spacial score (nSPS) is 19.7. The number of carbonyl (C=O) groups excluding carboxylic acids is 1. The van der Waals surface area contributed by atoms with Crippen molar-refractivity contribution in [1.82, 2.24) is 9.71 Å². The zero-order chi connectivity index (χ0) is 15.7. The third-order valence-corrected chi connectivity index (χ3v) is 5.77. The van der Waals surface area contributed by atoms with E-state index in [1.807, 2.05) is 0 Å². The van der Waals surface area contributed by atoms with Crippen molar-refractivity contribution in [3.63, 3.8) is 0 Å². The van der Waals surface area contributed by atoms with Crippen LogP contribution in [-0.4, -0.2) is 37.6 Å². The standard InChI is InChI=1S/C12H19N3O4S2/c1-12(2,3)15-21(17,18)9-7-13-11(20-9)14-10(16)8-5-4-6-19-8/h7-8,15H,4-6H2,1-3H3,(H,13,14,16). The molecule has 2 N–H and O–H groups in total. The van der Waals surface area contributed by atoms with Gasteiger partial charge in [0.25, 0.3) is 15.9 Å². The van der Waals surface area contributed by atoms with Crippen molar-refractivity contribution >= 4 is 32.4 Å². The summed E-state index contributed by atoms with van der Waals surface area (Å²) in [5, 5.41) is 2.84. The van der Waals surface area contributed by atoms with Gasteiger partial charge in [0.15, 0.2) is 9.34 Å². The first-order valence-corrected chi connectivity index (χ1v) is 8.90. The van der Waals surface area contributed by atoms with E-state index in [0.717, 1.165) is 17.8 Å². The molecule has 0 saturated carbocycles. The van der Waals surface area contributed by atoms with Crippen LogP contribution in [0.3, 0.4) is 0 Å². The van der Waals surface area contributed by atoms with Crippen molar-refractivity contribution in [2.75, 3.05) is 11.9 Å². The molecule has 1 unspecified atom stereocenters. The largest absolute Gasteiger partial charge is 0.368 e. The van der Waals surface area contributed by atoms with Gasteiger partial charge in [-0.25, -0.2) is 18.1 Å². The summed E-state index contributed by atoms with van der Waals surface area (Å²) in [7, 11) is -3.63. The molecule has 1 aromatic rings. The number of thiazole rings is 1. The van der Waals surface area contributed by atoms with Crippen molar-refractivity contribution in [3.05, 3.63) is 6.20 Å². The molecule has 0 aliphatic carbocycles. The van der Waals surface area contributed by atoms with E-state index < -0.39 is 21.7 Å². The average Bonchev–Trinajstić information content (AvgIpc) is 2.95. The molecule has 1 amide bonds. The predicted octanol–water partition coefficient (Wildman–Crippen LogP) is 1.34. The second kappa shape index (κ2) is 5.99. The van der Waals surface area contributed by atoms with Crippen LogP contribution in [0, 0.1) is 0 Å². The molecular formula is C12H19N3O4S2. The minimum absolute atomic E-state index is 0.0695. The summed E-state index contributed by atoms with van der Waals surface area (Å²) in [6.07, 6.45) is 2.30.